The molecule has 2 N–H and O–H groups in total. The van der Waals surface area contributed by atoms with E-state index in [1.54, 1.807) is 12.3 Å². The number of aromatic nitrogens is 3. The number of carbonyl (C=O) groups is 1. The minimum Gasteiger partial charge on any atom is -0.391 e. The van der Waals surface area contributed by atoms with Gasteiger partial charge in [-0.1, -0.05) is 13.8 Å². The monoisotopic (exact) mass is 304 g/mol. The molecular weight excluding hydrogens is 280 g/mol. The van der Waals surface area contributed by atoms with Crippen LogP contribution >= 0.6 is 0 Å². The maximum absolute atomic E-state index is 12.4. The number of nitrogens with one attached hydrogen (secondary N) is 1. The van der Waals surface area contributed by atoms with Crippen molar-refractivity contribution >= 4 is 16.9 Å². The third-order valence-electron chi connectivity index (χ3n) is 3.67. The van der Waals surface area contributed by atoms with Gasteiger partial charge in [-0.15, -0.1) is 0 Å². The van der Waals surface area contributed by atoms with Crippen molar-refractivity contribution in [2.75, 3.05) is 6.54 Å². The summed E-state index contributed by atoms with van der Waals surface area (Å²) < 4.78 is 1.81. The van der Waals surface area contributed by atoms with Crippen molar-refractivity contribution in [3.8, 4) is 0 Å². The second-order valence-corrected chi connectivity index (χ2v) is 6.25. The zero-order valence-corrected chi connectivity index (χ0v) is 13.8. The van der Waals surface area contributed by atoms with E-state index in [1.165, 1.54) is 0 Å². The predicted octanol–water partition coefficient (Wildman–Crippen LogP) is 2.07. The van der Waals surface area contributed by atoms with Gasteiger partial charge in [-0.3, -0.25) is 4.79 Å². The van der Waals surface area contributed by atoms with E-state index in [1.807, 2.05) is 39.3 Å². The number of hydrogen-bond donors (Lipinski definition) is 2. The average Bonchev–Trinajstić information content (AvgIpc) is 2.86. The van der Waals surface area contributed by atoms with Gasteiger partial charge >= 0.3 is 0 Å². The van der Waals surface area contributed by atoms with Gasteiger partial charge < -0.3 is 10.4 Å². The van der Waals surface area contributed by atoms with E-state index in [0.29, 0.717) is 11.2 Å². The van der Waals surface area contributed by atoms with Gasteiger partial charge in [0.15, 0.2) is 5.65 Å². The molecule has 0 saturated carbocycles. The van der Waals surface area contributed by atoms with Gasteiger partial charge in [0.1, 0.15) is 0 Å². The zero-order valence-electron chi connectivity index (χ0n) is 13.8. The average molecular weight is 304 g/mol. The van der Waals surface area contributed by atoms with Crippen LogP contribution in [0.4, 0.5) is 0 Å². The van der Waals surface area contributed by atoms with Gasteiger partial charge in [-0.2, -0.15) is 5.10 Å². The highest BCUT2D eigenvalue weighted by atomic mass is 16.3. The number of aryl methyl sites for hydroxylation is 1. The van der Waals surface area contributed by atoms with Gasteiger partial charge in [0, 0.05) is 18.3 Å². The van der Waals surface area contributed by atoms with Crippen LogP contribution in [0.2, 0.25) is 0 Å². The summed E-state index contributed by atoms with van der Waals surface area (Å²) in [6.45, 7) is 9.97. The molecule has 2 heterocycles. The first-order valence-electron chi connectivity index (χ1n) is 7.62. The van der Waals surface area contributed by atoms with E-state index in [9.17, 15) is 9.90 Å². The van der Waals surface area contributed by atoms with E-state index in [2.05, 4.69) is 15.4 Å². The molecule has 22 heavy (non-hydrogen) atoms. The van der Waals surface area contributed by atoms with Gasteiger partial charge in [-0.05, 0) is 32.8 Å². The van der Waals surface area contributed by atoms with Crippen LogP contribution in [-0.2, 0) is 0 Å². The fourth-order valence-corrected chi connectivity index (χ4v) is 2.24. The number of aliphatic hydroxyl groups excluding tert-OH is 1. The number of hydrogen-bond acceptors (Lipinski definition) is 4. The summed E-state index contributed by atoms with van der Waals surface area (Å²) in [4.78, 5) is 16.9. The van der Waals surface area contributed by atoms with Crippen molar-refractivity contribution in [1.29, 1.82) is 0 Å². The van der Waals surface area contributed by atoms with Crippen molar-refractivity contribution in [2.24, 2.45) is 5.92 Å². The van der Waals surface area contributed by atoms with Crippen LogP contribution in [0, 0.1) is 12.8 Å². The van der Waals surface area contributed by atoms with Crippen molar-refractivity contribution in [1.82, 2.24) is 20.1 Å². The molecule has 6 heteroatoms. The highest BCUT2D eigenvalue weighted by Crippen LogP contribution is 2.21. The topological polar surface area (TPSA) is 80.0 Å². The molecule has 1 unspecified atom stereocenters. The molecule has 0 saturated heterocycles. The molecule has 0 aliphatic heterocycles. The Hall–Kier alpha value is -1.95. The van der Waals surface area contributed by atoms with E-state index >= 15 is 0 Å². The van der Waals surface area contributed by atoms with Gasteiger partial charge in [0.05, 0.1) is 23.3 Å². The highest BCUT2D eigenvalue weighted by molar-refractivity contribution is 6.05. The number of carbonyl (C=O) groups excluding carboxylic acids is 1. The first kappa shape index (κ1) is 16.4. The Labute approximate surface area is 130 Å². The Morgan fingerprint density at radius 2 is 2.05 bits per heavy atom. The number of pyridine rings is 1. The second kappa shape index (κ2) is 6.44. The molecule has 0 spiro atoms. The Kier molecular flexibility index (Phi) is 4.81. The summed E-state index contributed by atoms with van der Waals surface area (Å²) in [5.74, 6) is -0.110. The van der Waals surface area contributed by atoms with E-state index in [-0.39, 0.29) is 24.4 Å². The molecule has 6 nitrogen and oxygen atoms in total. The first-order valence-corrected chi connectivity index (χ1v) is 7.62. The predicted molar refractivity (Wildman–Crippen MR) is 85.8 cm³/mol. The largest absolute Gasteiger partial charge is 0.391 e. The molecule has 0 fully saturated rings. The summed E-state index contributed by atoms with van der Waals surface area (Å²) in [7, 11) is 0. The molecular formula is C16H24N4O2. The van der Waals surface area contributed by atoms with E-state index in [0.717, 1.165) is 11.1 Å². The van der Waals surface area contributed by atoms with Crippen LogP contribution < -0.4 is 5.32 Å². The fraction of sp³-hybridized carbons (Fsp3) is 0.562. The lowest BCUT2D eigenvalue weighted by Crippen LogP contribution is -2.34. The Morgan fingerprint density at radius 3 is 2.64 bits per heavy atom. The van der Waals surface area contributed by atoms with Crippen LogP contribution in [0.15, 0.2) is 12.3 Å². The minimum absolute atomic E-state index is 0.100. The van der Waals surface area contributed by atoms with Gasteiger partial charge in [0.2, 0.25) is 0 Å². The SMILES string of the molecule is Cc1cc(C(=O)NCC(O)C(C)C)c2cnn(C(C)C)c2n1. The van der Waals surface area contributed by atoms with Crippen LogP contribution in [0.5, 0.6) is 0 Å². The zero-order chi connectivity index (χ0) is 16.4. The minimum atomic E-state index is -0.555. The summed E-state index contributed by atoms with van der Waals surface area (Å²) in [5.41, 5.74) is 2.03. The number of nitrogens with zero attached hydrogens (tertiary/aromatic N) is 3. The summed E-state index contributed by atoms with van der Waals surface area (Å²) in [6.07, 6.45) is 1.12. The number of amides is 1. The lowest BCUT2D eigenvalue weighted by atomic mass is 10.1. The second-order valence-electron chi connectivity index (χ2n) is 6.25. The van der Waals surface area contributed by atoms with Crippen LogP contribution in [0.3, 0.4) is 0 Å². The summed E-state index contributed by atoms with van der Waals surface area (Å²) in [6, 6.07) is 1.93. The van der Waals surface area contributed by atoms with Crippen LogP contribution in [0.25, 0.3) is 11.0 Å². The van der Waals surface area contributed by atoms with Gasteiger partial charge in [0.25, 0.3) is 5.91 Å². The molecule has 0 bridgehead atoms. The highest BCUT2D eigenvalue weighted by Gasteiger charge is 2.18. The molecule has 120 valence electrons. The lowest BCUT2D eigenvalue weighted by Gasteiger charge is -2.15. The Balaban J connectivity index is 2.33. The Bertz CT molecular complexity index is 676. The molecule has 1 atom stereocenters. The first-order chi connectivity index (χ1) is 10.3. The lowest BCUT2D eigenvalue weighted by molar-refractivity contribution is 0.0873. The molecule has 0 aromatic carbocycles. The molecule has 0 aliphatic carbocycles. The molecule has 0 radical (unpaired) electrons. The van der Waals surface area contributed by atoms with Crippen molar-refractivity contribution in [3.63, 3.8) is 0 Å². The number of rotatable bonds is 5. The van der Waals surface area contributed by atoms with Gasteiger partial charge in [-0.25, -0.2) is 9.67 Å². The van der Waals surface area contributed by atoms with Crippen LogP contribution in [-0.4, -0.2) is 38.4 Å². The standard InChI is InChI=1S/C16H24N4O2/c1-9(2)14(21)8-17-16(22)12-6-11(5)19-15-13(12)7-18-20(15)10(3)4/h6-7,9-10,14,21H,8H2,1-5H3,(H,17,22). The smallest absolute Gasteiger partial charge is 0.252 e. The summed E-state index contributed by atoms with van der Waals surface area (Å²) in [5, 5.41) is 17.7. The normalized spacial score (nSPS) is 13.1. The van der Waals surface area contributed by atoms with Crippen LogP contribution in [0.1, 0.15) is 49.8 Å². The quantitative estimate of drug-likeness (QED) is 0.886. The molecule has 2 aromatic heterocycles. The number of aliphatic hydroxyl groups is 1. The third-order valence-corrected chi connectivity index (χ3v) is 3.67. The maximum Gasteiger partial charge on any atom is 0.252 e. The number of fused-ring (bicyclic) bond motifs is 1. The third kappa shape index (κ3) is 3.27. The van der Waals surface area contributed by atoms with Crippen molar-refractivity contribution in [3.05, 3.63) is 23.5 Å². The maximum atomic E-state index is 12.4. The molecule has 1 amide bonds. The van der Waals surface area contributed by atoms with Crippen molar-refractivity contribution in [2.45, 2.75) is 46.8 Å². The van der Waals surface area contributed by atoms with E-state index in [4.69, 9.17) is 0 Å². The molecule has 2 aromatic rings. The summed E-state index contributed by atoms with van der Waals surface area (Å²) >= 11 is 0. The Morgan fingerprint density at radius 1 is 1.36 bits per heavy atom. The van der Waals surface area contributed by atoms with E-state index < -0.39 is 6.10 Å². The van der Waals surface area contributed by atoms with Crippen molar-refractivity contribution < 1.29 is 9.90 Å². The molecule has 2 rings (SSSR count). The molecule has 0 aliphatic rings. The fourth-order valence-electron chi connectivity index (χ4n) is 2.24.